The van der Waals surface area contributed by atoms with Crippen molar-refractivity contribution >= 4 is 21.7 Å². The van der Waals surface area contributed by atoms with Crippen LogP contribution < -0.4 is 10.0 Å². The van der Waals surface area contributed by atoms with E-state index in [0.29, 0.717) is 41.4 Å². The van der Waals surface area contributed by atoms with Crippen LogP contribution in [0, 0.1) is 6.92 Å². The van der Waals surface area contributed by atoms with E-state index in [4.69, 9.17) is 4.52 Å². The minimum Gasteiger partial charge on any atom is -0.352 e. The zero-order valence-corrected chi connectivity index (χ0v) is 17.9. The van der Waals surface area contributed by atoms with E-state index in [1.807, 2.05) is 0 Å². The Labute approximate surface area is 179 Å². The maximum Gasteiger partial charge on any atom is 0.251 e. The van der Waals surface area contributed by atoms with Crippen LogP contribution in [0.4, 0.5) is 0 Å². The maximum atomic E-state index is 12.4. The van der Waals surface area contributed by atoms with Crippen molar-refractivity contribution in [2.75, 3.05) is 6.54 Å². The van der Waals surface area contributed by atoms with Crippen molar-refractivity contribution in [2.24, 2.45) is 0 Å². The van der Waals surface area contributed by atoms with Gasteiger partial charge in [-0.05, 0) is 43.7 Å². The Morgan fingerprint density at radius 1 is 1.00 bits per heavy atom. The number of nitrogens with one attached hydrogen (secondary N) is 2. The largest absolute Gasteiger partial charge is 0.352 e. The monoisotopic (exact) mass is 442 g/mol. The molecule has 0 aliphatic rings. The minimum absolute atomic E-state index is 0.0647. The van der Waals surface area contributed by atoms with E-state index in [0.717, 1.165) is 0 Å². The number of carbonyl (C=O) groups excluding carboxylic acids is 2. The number of nitrogens with zero attached hydrogens (tertiary/aromatic N) is 2. The Kier molecular flexibility index (Phi) is 6.93. The number of Topliss-reactive ketones (excluding diaryl/α,β-unsaturated/α-hetero) is 1. The fourth-order valence-corrected chi connectivity index (χ4v) is 3.75. The van der Waals surface area contributed by atoms with Crippen molar-refractivity contribution in [2.45, 2.75) is 31.7 Å². The summed E-state index contributed by atoms with van der Waals surface area (Å²) in [5.41, 5.74) is 1.59. The number of carbonyl (C=O) groups is 2. The van der Waals surface area contributed by atoms with Gasteiger partial charge in [0.2, 0.25) is 15.9 Å². The molecule has 10 heteroatoms. The highest BCUT2D eigenvalue weighted by atomic mass is 32.2. The second-order valence-corrected chi connectivity index (χ2v) is 8.61. The van der Waals surface area contributed by atoms with Crippen molar-refractivity contribution in [1.82, 2.24) is 20.2 Å². The molecule has 1 amide bonds. The average molecular weight is 442 g/mol. The van der Waals surface area contributed by atoms with Gasteiger partial charge in [-0.25, -0.2) is 13.1 Å². The summed E-state index contributed by atoms with van der Waals surface area (Å²) in [6.45, 7) is 3.55. The van der Waals surface area contributed by atoms with Crippen molar-refractivity contribution in [3.63, 3.8) is 0 Å². The number of hydrogen-bond acceptors (Lipinski definition) is 7. The molecule has 0 radical (unpaired) electrons. The van der Waals surface area contributed by atoms with Gasteiger partial charge in [-0.3, -0.25) is 9.59 Å². The highest BCUT2D eigenvalue weighted by Crippen LogP contribution is 2.12. The highest BCUT2D eigenvalue weighted by molar-refractivity contribution is 7.89. The highest BCUT2D eigenvalue weighted by Gasteiger charge is 2.14. The van der Waals surface area contributed by atoms with Crippen LogP contribution in [0.15, 0.2) is 57.9 Å². The van der Waals surface area contributed by atoms with Gasteiger partial charge in [0, 0.05) is 30.6 Å². The summed E-state index contributed by atoms with van der Waals surface area (Å²) in [5.74, 6) is 0.608. The average Bonchev–Trinajstić information content (AvgIpc) is 3.17. The molecule has 0 aliphatic heterocycles. The van der Waals surface area contributed by atoms with Gasteiger partial charge < -0.3 is 9.84 Å². The van der Waals surface area contributed by atoms with Crippen LogP contribution in [-0.2, 0) is 23.0 Å². The van der Waals surface area contributed by atoms with Crippen LogP contribution >= 0.6 is 0 Å². The third-order valence-electron chi connectivity index (χ3n) is 4.45. The van der Waals surface area contributed by atoms with Crippen molar-refractivity contribution in [3.8, 4) is 0 Å². The van der Waals surface area contributed by atoms with E-state index >= 15 is 0 Å². The molecular weight excluding hydrogens is 420 g/mol. The fraction of sp³-hybridized carbons (Fsp3) is 0.238. The normalized spacial score (nSPS) is 11.3. The molecule has 9 nitrogen and oxygen atoms in total. The molecular formula is C21H22N4O5S. The number of ketones is 1. The van der Waals surface area contributed by atoms with Gasteiger partial charge in [0.1, 0.15) is 0 Å². The number of sulfonamides is 1. The Morgan fingerprint density at radius 2 is 1.65 bits per heavy atom. The smallest absolute Gasteiger partial charge is 0.251 e. The molecule has 2 N–H and O–H groups in total. The molecule has 0 unspecified atom stereocenters. The number of rotatable bonds is 9. The molecule has 1 aromatic heterocycles. The van der Waals surface area contributed by atoms with Gasteiger partial charge in [0.15, 0.2) is 11.6 Å². The maximum absolute atomic E-state index is 12.4. The second-order valence-electron chi connectivity index (χ2n) is 6.84. The summed E-state index contributed by atoms with van der Waals surface area (Å²) in [4.78, 5) is 27.7. The third kappa shape index (κ3) is 6.06. The van der Waals surface area contributed by atoms with Gasteiger partial charge >= 0.3 is 0 Å². The van der Waals surface area contributed by atoms with E-state index in [-0.39, 0.29) is 23.1 Å². The topological polar surface area (TPSA) is 131 Å². The summed E-state index contributed by atoms with van der Waals surface area (Å²) in [6.07, 6.45) is 0.430. The molecule has 0 fully saturated rings. The van der Waals surface area contributed by atoms with Crippen molar-refractivity contribution in [3.05, 3.63) is 76.9 Å². The summed E-state index contributed by atoms with van der Waals surface area (Å²) < 4.78 is 32.3. The zero-order valence-electron chi connectivity index (χ0n) is 17.1. The molecule has 0 spiro atoms. The Hall–Kier alpha value is -3.37. The third-order valence-corrected chi connectivity index (χ3v) is 5.86. The van der Waals surface area contributed by atoms with E-state index in [1.165, 1.54) is 31.2 Å². The molecule has 3 aromatic rings. The number of aryl methyl sites for hydroxylation is 1. The SMILES string of the molecule is CC(=O)c1ccc(S(=O)(=O)NCc2ccc(C(=O)NCCc3nc(C)no3)cc2)cc1. The van der Waals surface area contributed by atoms with E-state index in [2.05, 4.69) is 20.2 Å². The molecule has 0 atom stereocenters. The van der Waals surface area contributed by atoms with Gasteiger partial charge in [-0.1, -0.05) is 29.4 Å². The lowest BCUT2D eigenvalue weighted by molar-refractivity contribution is 0.0952. The summed E-state index contributed by atoms with van der Waals surface area (Å²) >= 11 is 0. The second kappa shape index (κ2) is 9.63. The predicted molar refractivity (Wildman–Crippen MR) is 112 cm³/mol. The number of amides is 1. The molecule has 0 aliphatic carbocycles. The molecule has 162 valence electrons. The Morgan fingerprint density at radius 3 is 2.23 bits per heavy atom. The number of hydrogen-bond donors (Lipinski definition) is 2. The number of aromatic nitrogens is 2. The first-order valence-corrected chi connectivity index (χ1v) is 11.0. The first-order valence-electron chi connectivity index (χ1n) is 9.51. The van der Waals surface area contributed by atoms with Gasteiger partial charge in [0.25, 0.3) is 5.91 Å². The van der Waals surface area contributed by atoms with Crippen LogP contribution in [0.1, 0.15) is 44.9 Å². The van der Waals surface area contributed by atoms with Crippen LogP contribution in [0.2, 0.25) is 0 Å². The van der Waals surface area contributed by atoms with Crippen LogP contribution in [0.5, 0.6) is 0 Å². The molecule has 0 bridgehead atoms. The van der Waals surface area contributed by atoms with Gasteiger partial charge in [0.05, 0.1) is 4.90 Å². The van der Waals surface area contributed by atoms with Crippen molar-refractivity contribution in [1.29, 1.82) is 0 Å². The lowest BCUT2D eigenvalue weighted by Crippen LogP contribution is -2.26. The van der Waals surface area contributed by atoms with E-state index < -0.39 is 10.0 Å². The predicted octanol–water partition coefficient (Wildman–Crippen LogP) is 2.03. The van der Waals surface area contributed by atoms with E-state index in [9.17, 15) is 18.0 Å². The molecule has 0 saturated carbocycles. The van der Waals surface area contributed by atoms with Crippen LogP contribution in [0.25, 0.3) is 0 Å². The summed E-state index contributed by atoms with van der Waals surface area (Å²) in [6, 6.07) is 12.3. The van der Waals surface area contributed by atoms with Crippen molar-refractivity contribution < 1.29 is 22.5 Å². The summed E-state index contributed by atoms with van der Waals surface area (Å²) in [5, 5.41) is 6.45. The lowest BCUT2D eigenvalue weighted by Gasteiger charge is -2.08. The molecule has 0 saturated heterocycles. The van der Waals surface area contributed by atoms with Gasteiger partial charge in [-0.2, -0.15) is 4.98 Å². The Balaban J connectivity index is 1.52. The molecule has 31 heavy (non-hydrogen) atoms. The summed E-state index contributed by atoms with van der Waals surface area (Å²) in [7, 11) is -3.72. The van der Waals surface area contributed by atoms with E-state index in [1.54, 1.807) is 31.2 Å². The lowest BCUT2D eigenvalue weighted by atomic mass is 10.1. The number of benzene rings is 2. The first-order chi connectivity index (χ1) is 14.7. The van der Waals surface area contributed by atoms with Gasteiger partial charge in [-0.15, -0.1) is 0 Å². The quantitative estimate of drug-likeness (QED) is 0.485. The molecule has 1 heterocycles. The molecule has 3 rings (SSSR count). The first kappa shape index (κ1) is 22.3. The Bertz CT molecular complexity index is 1170. The standard InChI is InChI=1S/C21H22N4O5S/c1-14(26)17-7-9-19(10-8-17)31(28,29)23-13-16-3-5-18(6-4-16)21(27)22-12-11-20-24-15(2)25-30-20/h3-10,23H,11-13H2,1-2H3,(H,22,27). The molecule has 2 aromatic carbocycles. The van der Waals surface area contributed by atoms with Crippen LogP contribution in [-0.4, -0.2) is 36.8 Å². The zero-order chi connectivity index (χ0) is 22.4. The minimum atomic E-state index is -3.72. The van der Waals surface area contributed by atoms with Crippen LogP contribution in [0.3, 0.4) is 0 Å². The fourth-order valence-electron chi connectivity index (χ4n) is 2.73.